The van der Waals surface area contributed by atoms with Gasteiger partial charge in [0.1, 0.15) is 0 Å². The minimum atomic E-state index is -0.321. The molecule has 1 aliphatic carbocycles. The molecule has 0 saturated heterocycles. The summed E-state index contributed by atoms with van der Waals surface area (Å²) in [6.45, 7) is 14.8. The highest BCUT2D eigenvalue weighted by atomic mass is 14.5. The van der Waals surface area contributed by atoms with Crippen LogP contribution in [0.5, 0.6) is 0 Å². The van der Waals surface area contributed by atoms with Crippen LogP contribution >= 0.6 is 0 Å². The summed E-state index contributed by atoms with van der Waals surface area (Å²) in [7, 11) is 0. The molecule has 0 heterocycles. The number of hydrogen-bond donors (Lipinski definition) is 0. The molecule has 0 bridgehead atoms. The maximum atomic E-state index is 4.47. The van der Waals surface area contributed by atoms with E-state index in [2.05, 4.69) is 87.7 Å². The Balaban J connectivity index is 2.48. The Morgan fingerprint density at radius 3 is 2.46 bits per heavy atom. The van der Waals surface area contributed by atoms with Gasteiger partial charge < -0.3 is 0 Å². The van der Waals surface area contributed by atoms with Crippen LogP contribution in [0.15, 0.2) is 91.1 Å². The van der Waals surface area contributed by atoms with Crippen molar-refractivity contribution in [3.05, 3.63) is 108 Å². The first-order valence-corrected chi connectivity index (χ1v) is 8.40. The average Bonchev–Trinajstić information content (AvgIpc) is 2.86. The highest BCUT2D eigenvalue weighted by molar-refractivity contribution is 5.86. The summed E-state index contributed by atoms with van der Waals surface area (Å²) in [5.74, 6) is 0. The van der Waals surface area contributed by atoms with Gasteiger partial charge in [-0.3, -0.25) is 0 Å². The molecule has 24 heavy (non-hydrogen) atoms. The topological polar surface area (TPSA) is 0 Å². The summed E-state index contributed by atoms with van der Waals surface area (Å²) in [6, 6.07) is 15.4. The Morgan fingerprint density at radius 2 is 1.75 bits per heavy atom. The molecule has 120 valence electrons. The van der Waals surface area contributed by atoms with E-state index in [4.69, 9.17) is 0 Å². The molecule has 0 N–H and O–H groups in total. The van der Waals surface area contributed by atoms with Crippen LogP contribution in [0.3, 0.4) is 0 Å². The van der Waals surface area contributed by atoms with E-state index in [1.807, 2.05) is 13.0 Å². The first-order chi connectivity index (χ1) is 11.6. The molecule has 0 aliphatic heterocycles. The first kappa shape index (κ1) is 16.3. The van der Waals surface area contributed by atoms with Gasteiger partial charge in [0.2, 0.25) is 0 Å². The summed E-state index contributed by atoms with van der Waals surface area (Å²) in [5, 5.41) is 0. The third kappa shape index (κ3) is 2.14. The second-order valence-electron chi connectivity index (χ2n) is 6.46. The van der Waals surface area contributed by atoms with Gasteiger partial charge in [-0.25, -0.2) is 0 Å². The van der Waals surface area contributed by atoms with E-state index >= 15 is 0 Å². The predicted octanol–water partition coefficient (Wildman–Crippen LogP) is 6.53. The lowest BCUT2D eigenvalue weighted by Crippen LogP contribution is -2.28. The molecule has 0 aromatic heterocycles. The Morgan fingerprint density at radius 1 is 1.04 bits per heavy atom. The number of aryl methyl sites for hydroxylation is 1. The molecule has 0 radical (unpaired) electrons. The third-order valence-electron chi connectivity index (χ3n) is 5.01. The molecule has 0 amide bonds. The van der Waals surface area contributed by atoms with Gasteiger partial charge in [0.25, 0.3) is 0 Å². The predicted molar refractivity (Wildman–Crippen MR) is 105 cm³/mol. The third-order valence-corrected chi connectivity index (χ3v) is 5.01. The summed E-state index contributed by atoms with van der Waals surface area (Å²) in [6.07, 6.45) is 8.19. The first-order valence-electron chi connectivity index (χ1n) is 8.40. The average molecular weight is 312 g/mol. The lowest BCUT2D eigenvalue weighted by molar-refractivity contribution is 0.747. The minimum Gasteiger partial charge on any atom is -0.0991 e. The van der Waals surface area contributed by atoms with Crippen LogP contribution in [0.25, 0.3) is 11.1 Å². The van der Waals surface area contributed by atoms with E-state index < -0.39 is 0 Å². The lowest BCUT2D eigenvalue weighted by Gasteiger charge is -2.34. The van der Waals surface area contributed by atoms with E-state index in [1.54, 1.807) is 0 Å². The zero-order valence-corrected chi connectivity index (χ0v) is 14.8. The summed E-state index contributed by atoms with van der Waals surface area (Å²) >= 11 is 0. The van der Waals surface area contributed by atoms with Crippen molar-refractivity contribution in [1.29, 1.82) is 0 Å². The normalized spacial score (nSPS) is 19.2. The molecule has 1 unspecified atom stereocenters. The molecule has 0 fully saturated rings. The fourth-order valence-corrected chi connectivity index (χ4v) is 4.05. The molecule has 2 aromatic carbocycles. The van der Waals surface area contributed by atoms with Gasteiger partial charge >= 0.3 is 0 Å². The Labute approximate surface area is 145 Å². The van der Waals surface area contributed by atoms with Crippen molar-refractivity contribution in [1.82, 2.24) is 0 Å². The Hall–Kier alpha value is -2.60. The van der Waals surface area contributed by atoms with Crippen LogP contribution in [-0.4, -0.2) is 0 Å². The van der Waals surface area contributed by atoms with Gasteiger partial charge in [-0.1, -0.05) is 91.1 Å². The van der Waals surface area contributed by atoms with Crippen LogP contribution in [-0.2, 0) is 5.41 Å². The zero-order valence-electron chi connectivity index (χ0n) is 14.8. The Kier molecular flexibility index (Phi) is 4.15. The van der Waals surface area contributed by atoms with Gasteiger partial charge in [0.15, 0.2) is 0 Å². The lowest BCUT2D eigenvalue weighted by atomic mass is 9.67. The number of hydrogen-bond acceptors (Lipinski definition) is 0. The number of fused-ring (bicyclic) bond motifs is 3. The van der Waals surface area contributed by atoms with E-state index in [-0.39, 0.29) is 5.41 Å². The number of benzene rings is 2. The van der Waals surface area contributed by atoms with E-state index in [0.29, 0.717) is 0 Å². The highest BCUT2D eigenvalue weighted by Gasteiger charge is 2.45. The molecule has 0 spiro atoms. The van der Waals surface area contributed by atoms with Gasteiger partial charge in [-0.05, 0) is 48.6 Å². The van der Waals surface area contributed by atoms with Crippen molar-refractivity contribution in [2.75, 3.05) is 0 Å². The summed E-state index contributed by atoms with van der Waals surface area (Å²) < 4.78 is 0. The highest BCUT2D eigenvalue weighted by Crippen LogP contribution is 2.56. The van der Waals surface area contributed by atoms with Crippen LogP contribution in [0.1, 0.15) is 30.5 Å². The van der Waals surface area contributed by atoms with E-state index in [1.165, 1.54) is 33.4 Å². The molecular formula is C24H24. The maximum Gasteiger partial charge on any atom is 0.0668 e. The maximum absolute atomic E-state index is 4.47. The van der Waals surface area contributed by atoms with Gasteiger partial charge in [0, 0.05) is 0 Å². The van der Waals surface area contributed by atoms with Crippen molar-refractivity contribution < 1.29 is 0 Å². The van der Waals surface area contributed by atoms with E-state index in [9.17, 15) is 0 Å². The summed E-state index contributed by atoms with van der Waals surface area (Å²) in [5.41, 5.74) is 8.53. The van der Waals surface area contributed by atoms with Crippen LogP contribution < -0.4 is 0 Å². The zero-order chi connectivity index (χ0) is 17.3. The molecule has 0 heteroatoms. The van der Waals surface area contributed by atoms with Crippen molar-refractivity contribution in [3.63, 3.8) is 0 Å². The smallest absolute Gasteiger partial charge is 0.0668 e. The molecule has 0 saturated carbocycles. The molecule has 1 atom stereocenters. The van der Waals surface area contributed by atoms with Crippen LogP contribution in [0.2, 0.25) is 0 Å². The van der Waals surface area contributed by atoms with Crippen molar-refractivity contribution in [2.45, 2.75) is 26.2 Å². The van der Waals surface area contributed by atoms with E-state index in [0.717, 1.165) is 5.57 Å². The van der Waals surface area contributed by atoms with Crippen LogP contribution in [0.4, 0.5) is 0 Å². The van der Waals surface area contributed by atoms with Gasteiger partial charge in [0.05, 0.1) is 5.41 Å². The van der Waals surface area contributed by atoms with Crippen LogP contribution in [0, 0.1) is 6.92 Å². The molecule has 1 aliphatic rings. The van der Waals surface area contributed by atoms with Crippen molar-refractivity contribution in [3.8, 4) is 11.1 Å². The number of allylic oxidation sites excluding steroid dienone is 6. The molecule has 3 rings (SSSR count). The quantitative estimate of drug-likeness (QED) is 0.563. The number of rotatable bonds is 4. The second kappa shape index (κ2) is 6.13. The summed E-state index contributed by atoms with van der Waals surface area (Å²) in [4.78, 5) is 0. The Bertz CT molecular complexity index is 877. The van der Waals surface area contributed by atoms with Gasteiger partial charge in [-0.15, -0.1) is 0 Å². The molecular weight excluding hydrogens is 288 g/mol. The minimum absolute atomic E-state index is 0.321. The van der Waals surface area contributed by atoms with Crippen molar-refractivity contribution >= 4 is 0 Å². The molecule has 0 nitrogen and oxygen atoms in total. The van der Waals surface area contributed by atoms with Gasteiger partial charge in [-0.2, -0.15) is 0 Å². The standard InChI is InChI=1S/C24H24/c1-6-10-18(4)24(19(5)11-7-2)22-13-9-8-12-20(22)21-15-14-17(3)16-23(21)24/h6-16H,1,5H2,2-4H3. The molecule has 2 aromatic rings. The second-order valence-corrected chi connectivity index (χ2v) is 6.46. The monoisotopic (exact) mass is 312 g/mol. The van der Waals surface area contributed by atoms with Crippen molar-refractivity contribution in [2.24, 2.45) is 0 Å². The SMILES string of the molecule is C=CC=C(C)C1(C(=C)C=CC)c2ccccc2-c2ccc(C)cc21. The largest absolute Gasteiger partial charge is 0.0991 e. The fourth-order valence-electron chi connectivity index (χ4n) is 4.05. The fraction of sp³-hybridized carbons (Fsp3) is 0.167.